The van der Waals surface area contributed by atoms with E-state index in [4.69, 9.17) is 23.9 Å². The lowest BCUT2D eigenvalue weighted by Gasteiger charge is -2.38. The van der Waals surface area contributed by atoms with E-state index in [0.29, 0.717) is 35.5 Å². The Morgan fingerprint density at radius 2 is 1.60 bits per heavy atom. The molecule has 10 atom stereocenters. The van der Waals surface area contributed by atoms with Crippen molar-refractivity contribution in [2.24, 2.45) is 28.7 Å². The summed E-state index contributed by atoms with van der Waals surface area (Å²) in [6.45, 7) is 18.7. The zero-order valence-corrected chi connectivity index (χ0v) is 47.8. The van der Waals surface area contributed by atoms with Gasteiger partial charge >= 0.3 is 11.8 Å². The highest BCUT2D eigenvalue weighted by molar-refractivity contribution is 14.1. The normalized spacial score (nSPS) is 30.9. The van der Waals surface area contributed by atoms with E-state index >= 15 is 0 Å². The average Bonchev–Trinajstić information content (AvgIpc) is 3.96. The second-order valence-electron chi connectivity index (χ2n) is 22.0. The molecule has 18 nitrogen and oxygen atoms in total. The maximum atomic E-state index is 15.0. The van der Waals surface area contributed by atoms with Crippen LogP contribution in [-0.2, 0) is 35.1 Å². The summed E-state index contributed by atoms with van der Waals surface area (Å²) in [5.41, 5.74) is 1.20. The highest BCUT2D eigenvalue weighted by atomic mass is 127. The van der Waals surface area contributed by atoms with E-state index in [9.17, 15) is 39.3 Å². The van der Waals surface area contributed by atoms with Gasteiger partial charge in [0.25, 0.3) is 11.7 Å². The number of ketones is 2. The lowest BCUT2D eigenvalue weighted by atomic mass is 9.78. The zero-order valence-electron chi connectivity index (χ0n) is 45.6. The van der Waals surface area contributed by atoms with E-state index in [1.54, 1.807) is 58.9 Å². The van der Waals surface area contributed by atoms with E-state index < -0.39 is 101 Å². The maximum Gasteiger partial charge on any atom is 0.315 e. The summed E-state index contributed by atoms with van der Waals surface area (Å²) in [6.07, 6.45) is 7.26. The number of ether oxygens (including phenoxy) is 4. The number of halogens is 1. The average molecular weight is 1180 g/mol. The van der Waals surface area contributed by atoms with E-state index in [0.717, 1.165) is 31.7 Å². The van der Waals surface area contributed by atoms with Crippen LogP contribution in [0.3, 0.4) is 0 Å². The Balaban J connectivity index is 1.11. The first kappa shape index (κ1) is 57.7. The number of anilines is 1. The maximum absolute atomic E-state index is 15.0. The van der Waals surface area contributed by atoms with Crippen LogP contribution in [0, 0.1) is 30.6 Å². The molecule has 2 aromatic carbocycles. The minimum atomic E-state index is -2.04. The van der Waals surface area contributed by atoms with Crippen molar-refractivity contribution in [1.29, 1.82) is 0 Å². The lowest BCUT2D eigenvalue weighted by Crippen LogP contribution is -2.51. The number of aliphatic hydroxyl groups excluding tert-OH is 2. The summed E-state index contributed by atoms with van der Waals surface area (Å²) in [5.74, 6) is -8.88. The number of Topliss-reactive ketones (excluding diaryl/α,β-unsaturated/α-hetero) is 2. The van der Waals surface area contributed by atoms with Crippen LogP contribution >= 0.6 is 22.6 Å². The molecule has 0 radical (unpaired) electrons. The number of fused-ring (bicyclic) bond motifs is 13. The zero-order chi connectivity index (χ0) is 55.7. The van der Waals surface area contributed by atoms with Crippen LogP contribution < -0.4 is 20.7 Å². The number of carbonyl (C=O) groups is 5. The summed E-state index contributed by atoms with van der Waals surface area (Å²) in [5, 5.41) is 44.7. The number of hydrogen-bond acceptors (Lipinski definition) is 16. The molecule has 416 valence electrons. The van der Waals surface area contributed by atoms with E-state index in [-0.39, 0.29) is 50.7 Å². The van der Waals surface area contributed by atoms with E-state index in [2.05, 4.69) is 55.3 Å². The topological polar surface area (TPSA) is 238 Å². The number of nitrogens with zero attached hydrogens (tertiary/aromatic N) is 3. The molecule has 2 saturated heterocycles. The second-order valence-corrected chi connectivity index (χ2v) is 24.2. The lowest BCUT2D eigenvalue weighted by molar-refractivity contribution is -0.164. The van der Waals surface area contributed by atoms with Crippen LogP contribution in [0.15, 0.2) is 76.8 Å². The Hall–Kier alpha value is -5.45. The molecular formula is C58H75IN6O12. The number of nitrogens with one attached hydrogen (secondary N) is 3. The number of piperidine rings is 2. The van der Waals surface area contributed by atoms with Crippen molar-refractivity contribution < 1.29 is 58.2 Å². The molecule has 0 aromatic heterocycles. The molecule has 2 aromatic rings. The van der Waals surface area contributed by atoms with Crippen molar-refractivity contribution in [2.75, 3.05) is 45.2 Å². The van der Waals surface area contributed by atoms with Gasteiger partial charge < -0.3 is 55.1 Å². The Kier molecular flexibility index (Phi) is 17.9. The van der Waals surface area contributed by atoms with Gasteiger partial charge in [-0.3, -0.25) is 33.9 Å². The van der Waals surface area contributed by atoms with Gasteiger partial charge in [-0.25, -0.2) is 0 Å². The third-order valence-corrected chi connectivity index (χ3v) is 16.6. The molecule has 2 fully saturated rings. The second kappa shape index (κ2) is 23.9. The van der Waals surface area contributed by atoms with Crippen LogP contribution in [0.1, 0.15) is 124 Å². The number of alkyl halides is 1. The summed E-state index contributed by atoms with van der Waals surface area (Å²) in [6, 6.07) is 7.52. The first-order valence-corrected chi connectivity index (χ1v) is 28.2. The smallest absolute Gasteiger partial charge is 0.315 e. The number of likely N-dealkylation sites (tertiary alicyclic amines) is 2. The molecular weight excluding hydrogens is 1100 g/mol. The molecule has 6 heterocycles. The number of rotatable bonds is 9. The third kappa shape index (κ3) is 12.2. The van der Waals surface area contributed by atoms with Crippen LogP contribution in [0.5, 0.6) is 11.5 Å². The molecule has 6 aliphatic heterocycles. The van der Waals surface area contributed by atoms with Gasteiger partial charge in [-0.15, -0.1) is 0 Å². The SMILES string of the molecule is CO[C@H]1/C=C/O[C@@]2(C)Oc3c(C)c(O)c4c(c3C2=O)C2=NC3(CCN(CC(C)I)CC3)NC2=C(NC(=O)/C(C)=C\C=C\[C@H](C)[C@H](O)[C@@H](C)[C@@H](O)[C@@H](C)[C@H](OC(=O)CC(=O)Nc2ccc(CN3CCCCC3)cc2)[C@@H]1C)C4=O. The molecule has 1 unspecified atom stereocenters. The molecule has 0 saturated carbocycles. The number of phenols is 1. The molecule has 2 amide bonds. The highest BCUT2D eigenvalue weighted by Gasteiger charge is 2.54. The van der Waals surface area contributed by atoms with Crippen LogP contribution in [-0.4, -0.2) is 140 Å². The van der Waals surface area contributed by atoms with Crippen molar-refractivity contribution in [3.63, 3.8) is 0 Å². The number of aliphatic hydroxyl groups is 2. The van der Waals surface area contributed by atoms with Crippen molar-refractivity contribution in [2.45, 2.75) is 140 Å². The monoisotopic (exact) mass is 1170 g/mol. The number of esters is 1. The Bertz CT molecular complexity index is 2780. The molecule has 9 rings (SSSR count). The van der Waals surface area contributed by atoms with Crippen molar-refractivity contribution >= 4 is 63.3 Å². The first-order valence-electron chi connectivity index (χ1n) is 26.9. The molecule has 77 heavy (non-hydrogen) atoms. The number of carbonyl (C=O) groups excluding carboxylic acids is 5. The molecule has 6 N–H and O–H groups in total. The Morgan fingerprint density at radius 3 is 2.26 bits per heavy atom. The van der Waals surface area contributed by atoms with Gasteiger partial charge in [0, 0.05) is 103 Å². The highest BCUT2D eigenvalue weighted by Crippen LogP contribution is 2.50. The molecule has 19 heteroatoms. The summed E-state index contributed by atoms with van der Waals surface area (Å²) >= 11 is 2.40. The standard InChI is InChI=1S/C58H75IN6O12/c1-31-14-13-15-32(2)56(73)61-48-47-46(62-58(63-47)21-25-65(26-22-58)29-33(3)59)43-44(52(48)71)51(70)37(7)54-45(43)55(72)57(8,77-54)75-27-20-40(74-9)34(4)53(36(6)50(69)35(5)49(31)68)76-42(67)28-41(66)60-39-18-16-38(17-19-39)30-64-23-11-10-12-24-64/h13-20,27,31,33-36,40,49-50,53,63,68-70H,10-12,21-26,28-30H2,1-9H3,(H,60,66)(H,61,73)/b14-13+,27-20+,32-15-/t31-,33?,34+,35+,36+,40-,49-,50+,53+,57-/m0/s1. The third-order valence-electron chi connectivity index (χ3n) is 16.2. The molecule has 1 aliphatic carbocycles. The summed E-state index contributed by atoms with van der Waals surface area (Å²) < 4.78 is 25.0. The van der Waals surface area contributed by atoms with Gasteiger partial charge in [0.2, 0.25) is 11.7 Å². The molecule has 7 aliphatic rings. The van der Waals surface area contributed by atoms with Gasteiger partial charge in [-0.05, 0) is 63.6 Å². The number of hydrogen-bond donors (Lipinski definition) is 6. The van der Waals surface area contributed by atoms with Crippen molar-refractivity contribution in [3.05, 3.63) is 99.6 Å². The fraction of sp³-hybridized carbons (Fsp3) is 0.552. The van der Waals surface area contributed by atoms with E-state index in [1.807, 2.05) is 12.1 Å². The molecule has 5 bridgehead atoms. The quantitative estimate of drug-likeness (QED) is 0.0657. The Morgan fingerprint density at radius 1 is 0.909 bits per heavy atom. The predicted molar refractivity (Wildman–Crippen MR) is 299 cm³/mol. The number of aliphatic imine (C=N–C) groups is 1. The first-order chi connectivity index (χ1) is 36.5. The number of allylic oxidation sites excluding steroid dienone is 4. The van der Waals surface area contributed by atoms with Gasteiger partial charge in [-0.2, -0.15) is 0 Å². The largest absolute Gasteiger partial charge is 0.507 e. The van der Waals surface area contributed by atoms with Crippen LogP contribution in [0.25, 0.3) is 0 Å². The number of methoxy groups -OCH3 is 1. The predicted octanol–water partition coefficient (Wildman–Crippen LogP) is 6.78. The van der Waals surface area contributed by atoms with Crippen LogP contribution in [0.4, 0.5) is 5.69 Å². The van der Waals surface area contributed by atoms with Gasteiger partial charge in [-0.1, -0.05) is 94.0 Å². The van der Waals surface area contributed by atoms with Gasteiger partial charge in [0.15, 0.2) is 0 Å². The van der Waals surface area contributed by atoms with Gasteiger partial charge in [0.05, 0.1) is 47.1 Å². The number of aromatic hydroxyl groups is 1. The van der Waals surface area contributed by atoms with Crippen LogP contribution in [0.2, 0.25) is 0 Å². The summed E-state index contributed by atoms with van der Waals surface area (Å²) in [4.78, 5) is 81.1. The fourth-order valence-corrected chi connectivity index (χ4v) is 12.1. The Labute approximate surface area is 464 Å². The minimum Gasteiger partial charge on any atom is -0.507 e. The summed E-state index contributed by atoms with van der Waals surface area (Å²) in [7, 11) is 1.44. The number of phenolic OH excluding ortho intramolecular Hbond substituents is 1. The van der Waals surface area contributed by atoms with E-state index in [1.165, 1.54) is 58.6 Å². The van der Waals surface area contributed by atoms with Crippen molar-refractivity contribution in [1.82, 2.24) is 20.4 Å². The molecule has 1 spiro atoms. The minimum absolute atomic E-state index is 0.00160. The van der Waals surface area contributed by atoms with Gasteiger partial charge in [0.1, 0.15) is 35.4 Å². The van der Waals surface area contributed by atoms with Crippen molar-refractivity contribution in [3.8, 4) is 11.5 Å². The fourth-order valence-electron chi connectivity index (χ4n) is 11.5. The number of benzene rings is 2. The number of amides is 2.